The number of methoxy groups -OCH3 is 1. The van der Waals surface area contributed by atoms with Gasteiger partial charge in [0, 0.05) is 5.69 Å². The van der Waals surface area contributed by atoms with Crippen molar-refractivity contribution >= 4 is 17.6 Å². The molecule has 0 fully saturated rings. The van der Waals surface area contributed by atoms with E-state index in [1.54, 1.807) is 0 Å². The molecule has 0 aliphatic carbocycles. The van der Waals surface area contributed by atoms with Crippen LogP contribution >= 0.6 is 0 Å². The second kappa shape index (κ2) is 8.64. The number of benzene rings is 2. The van der Waals surface area contributed by atoms with E-state index in [9.17, 15) is 35.9 Å². The fourth-order valence-electron chi connectivity index (χ4n) is 2.27. The van der Waals surface area contributed by atoms with Crippen molar-refractivity contribution in [3.05, 3.63) is 59.2 Å². The Morgan fingerprint density at radius 3 is 1.83 bits per heavy atom. The number of anilines is 1. The van der Waals surface area contributed by atoms with Gasteiger partial charge in [-0.2, -0.15) is 26.3 Å². The summed E-state index contributed by atoms with van der Waals surface area (Å²) in [6.07, 6.45) is -11.7. The van der Waals surface area contributed by atoms with Gasteiger partial charge in [0.1, 0.15) is 5.75 Å². The first kappa shape index (κ1) is 23.0. The quantitative estimate of drug-likeness (QED) is 0.535. The number of hydrogen-bond acceptors (Lipinski definition) is 4. The van der Waals surface area contributed by atoms with Crippen LogP contribution in [0.25, 0.3) is 0 Å². The number of hydrogen-bond donors (Lipinski definition) is 1. The number of ether oxygens (including phenoxy) is 2. The molecule has 0 heterocycles. The first-order valence-corrected chi connectivity index (χ1v) is 8.26. The molecule has 0 aromatic heterocycles. The third-order valence-electron chi connectivity index (χ3n) is 3.83. The molecule has 0 spiro atoms. The standard InChI is InChI=1S/C19H15F6NO4/c1-10(16(27)26-14-3-5-15(29-2)6-4-14)30-17(28)11-7-12(18(20,21)22)9-13(8-11)19(23,24)25/h3-10H,1-2H3,(H,26,27). The molecule has 2 rings (SSSR count). The SMILES string of the molecule is COc1ccc(NC(=O)C(C)OC(=O)c2cc(C(F)(F)F)cc(C(F)(F)F)c2)cc1. The zero-order valence-corrected chi connectivity index (χ0v) is 15.5. The summed E-state index contributed by atoms with van der Waals surface area (Å²) in [6.45, 7) is 1.12. The zero-order valence-electron chi connectivity index (χ0n) is 15.5. The van der Waals surface area contributed by atoms with Crippen molar-refractivity contribution in [3.8, 4) is 5.75 Å². The molecule has 162 valence electrons. The van der Waals surface area contributed by atoms with Gasteiger partial charge in [0.25, 0.3) is 5.91 Å². The van der Waals surface area contributed by atoms with Crippen LogP contribution in [-0.4, -0.2) is 25.1 Å². The molecule has 0 saturated carbocycles. The molecule has 30 heavy (non-hydrogen) atoms. The number of carbonyl (C=O) groups is 2. The van der Waals surface area contributed by atoms with Crippen molar-refractivity contribution in [2.75, 3.05) is 12.4 Å². The van der Waals surface area contributed by atoms with E-state index >= 15 is 0 Å². The minimum Gasteiger partial charge on any atom is -0.497 e. The molecule has 1 N–H and O–H groups in total. The van der Waals surface area contributed by atoms with Gasteiger partial charge in [-0.15, -0.1) is 0 Å². The molecule has 1 atom stereocenters. The maximum absolute atomic E-state index is 12.9. The van der Waals surface area contributed by atoms with E-state index in [1.165, 1.54) is 31.4 Å². The van der Waals surface area contributed by atoms with Gasteiger partial charge in [0.05, 0.1) is 23.8 Å². The van der Waals surface area contributed by atoms with Crippen LogP contribution in [0, 0.1) is 0 Å². The van der Waals surface area contributed by atoms with E-state index in [2.05, 4.69) is 5.32 Å². The van der Waals surface area contributed by atoms with Gasteiger partial charge < -0.3 is 14.8 Å². The fourth-order valence-corrected chi connectivity index (χ4v) is 2.27. The number of esters is 1. The molecule has 0 aliphatic rings. The lowest BCUT2D eigenvalue weighted by atomic mass is 10.0. The minimum absolute atomic E-state index is 0.114. The van der Waals surface area contributed by atoms with Gasteiger partial charge in [0.15, 0.2) is 6.10 Å². The summed E-state index contributed by atoms with van der Waals surface area (Å²) in [5.41, 5.74) is -4.01. The number of rotatable bonds is 5. The Kier molecular flexibility index (Phi) is 6.63. The smallest absolute Gasteiger partial charge is 0.416 e. The van der Waals surface area contributed by atoms with Crippen molar-refractivity contribution in [3.63, 3.8) is 0 Å². The molecule has 1 unspecified atom stereocenters. The van der Waals surface area contributed by atoms with Crippen LogP contribution in [0.15, 0.2) is 42.5 Å². The van der Waals surface area contributed by atoms with Gasteiger partial charge >= 0.3 is 18.3 Å². The normalized spacial score (nSPS) is 12.8. The van der Waals surface area contributed by atoms with E-state index in [1.807, 2.05) is 0 Å². The van der Waals surface area contributed by atoms with Crippen molar-refractivity contribution in [2.45, 2.75) is 25.4 Å². The average Bonchev–Trinajstić information content (AvgIpc) is 2.66. The molecule has 0 saturated heterocycles. The lowest BCUT2D eigenvalue weighted by molar-refractivity contribution is -0.143. The summed E-state index contributed by atoms with van der Waals surface area (Å²) in [4.78, 5) is 24.2. The Hall–Kier alpha value is -3.24. The Morgan fingerprint density at radius 2 is 1.40 bits per heavy atom. The molecule has 0 aliphatic heterocycles. The highest BCUT2D eigenvalue weighted by Gasteiger charge is 2.38. The molecule has 1 amide bonds. The lowest BCUT2D eigenvalue weighted by Crippen LogP contribution is -2.30. The Morgan fingerprint density at radius 1 is 0.900 bits per heavy atom. The minimum atomic E-state index is -5.12. The first-order chi connectivity index (χ1) is 13.8. The molecular formula is C19H15F6NO4. The Bertz CT molecular complexity index is 890. The van der Waals surface area contributed by atoms with Crippen molar-refractivity contribution in [1.82, 2.24) is 0 Å². The van der Waals surface area contributed by atoms with Crippen LogP contribution < -0.4 is 10.1 Å². The number of halogens is 6. The molecule has 5 nitrogen and oxygen atoms in total. The molecule has 2 aromatic rings. The van der Waals surface area contributed by atoms with Gasteiger partial charge in [-0.25, -0.2) is 4.79 Å². The first-order valence-electron chi connectivity index (χ1n) is 8.26. The van der Waals surface area contributed by atoms with E-state index in [-0.39, 0.29) is 18.2 Å². The van der Waals surface area contributed by atoms with Crippen LogP contribution in [0.2, 0.25) is 0 Å². The number of alkyl halides is 6. The van der Waals surface area contributed by atoms with E-state index < -0.39 is 47.0 Å². The summed E-state index contributed by atoms with van der Waals surface area (Å²) < 4.78 is 87.1. The van der Waals surface area contributed by atoms with Crippen LogP contribution in [0.1, 0.15) is 28.4 Å². The van der Waals surface area contributed by atoms with Gasteiger partial charge in [-0.05, 0) is 49.4 Å². The summed E-state index contributed by atoms with van der Waals surface area (Å²) >= 11 is 0. The van der Waals surface area contributed by atoms with E-state index in [4.69, 9.17) is 9.47 Å². The predicted octanol–water partition coefficient (Wildman–Crippen LogP) is 4.92. The monoisotopic (exact) mass is 435 g/mol. The largest absolute Gasteiger partial charge is 0.497 e. The molecule has 11 heteroatoms. The van der Waals surface area contributed by atoms with Crippen molar-refractivity contribution in [2.24, 2.45) is 0 Å². The Labute approximate surface area is 166 Å². The molecule has 0 bridgehead atoms. The lowest BCUT2D eigenvalue weighted by Gasteiger charge is -2.16. The van der Waals surface area contributed by atoms with Crippen molar-refractivity contribution in [1.29, 1.82) is 0 Å². The van der Waals surface area contributed by atoms with Crippen LogP contribution in [0.4, 0.5) is 32.0 Å². The van der Waals surface area contributed by atoms with Crippen LogP contribution in [0.3, 0.4) is 0 Å². The molecule has 2 aromatic carbocycles. The molecule has 0 radical (unpaired) electrons. The average molecular weight is 435 g/mol. The van der Waals surface area contributed by atoms with E-state index in [0.717, 1.165) is 6.92 Å². The van der Waals surface area contributed by atoms with Gasteiger partial charge in [-0.1, -0.05) is 0 Å². The van der Waals surface area contributed by atoms with Crippen molar-refractivity contribution < 1.29 is 45.4 Å². The third kappa shape index (κ3) is 5.88. The van der Waals surface area contributed by atoms with Gasteiger partial charge in [0.2, 0.25) is 0 Å². The second-order valence-electron chi connectivity index (χ2n) is 6.06. The maximum Gasteiger partial charge on any atom is 0.416 e. The van der Waals surface area contributed by atoms with Gasteiger partial charge in [-0.3, -0.25) is 4.79 Å². The predicted molar refractivity (Wildman–Crippen MR) is 92.9 cm³/mol. The zero-order chi connectivity index (χ0) is 22.7. The Balaban J connectivity index is 2.18. The highest BCUT2D eigenvalue weighted by molar-refractivity contribution is 5.97. The van der Waals surface area contributed by atoms with E-state index in [0.29, 0.717) is 11.4 Å². The summed E-state index contributed by atoms with van der Waals surface area (Å²) in [5.74, 6) is -1.84. The highest BCUT2D eigenvalue weighted by atomic mass is 19.4. The summed E-state index contributed by atoms with van der Waals surface area (Å²) in [6, 6.07) is 6.37. The maximum atomic E-state index is 12.9. The fraction of sp³-hybridized carbons (Fsp3) is 0.263. The molecular weight excluding hydrogens is 420 g/mol. The van der Waals surface area contributed by atoms with Crippen LogP contribution in [-0.2, 0) is 21.9 Å². The number of amides is 1. The third-order valence-corrected chi connectivity index (χ3v) is 3.83. The number of carbonyl (C=O) groups excluding carboxylic acids is 2. The summed E-state index contributed by atoms with van der Waals surface area (Å²) in [7, 11) is 1.44. The number of nitrogens with one attached hydrogen (secondary N) is 1. The topological polar surface area (TPSA) is 64.6 Å². The summed E-state index contributed by atoms with van der Waals surface area (Å²) in [5, 5.41) is 2.39. The van der Waals surface area contributed by atoms with Crippen LogP contribution in [0.5, 0.6) is 5.75 Å². The highest BCUT2D eigenvalue weighted by Crippen LogP contribution is 2.36. The second-order valence-corrected chi connectivity index (χ2v) is 6.06.